The van der Waals surface area contributed by atoms with Crippen molar-refractivity contribution in [3.63, 3.8) is 0 Å². The van der Waals surface area contributed by atoms with Crippen LogP contribution in [0.4, 0.5) is 4.39 Å². The quantitative estimate of drug-likeness (QED) is 0.824. The van der Waals surface area contributed by atoms with Crippen molar-refractivity contribution in [3.05, 3.63) is 57.5 Å². The second kappa shape index (κ2) is 7.28. The smallest absolute Gasteiger partial charge is 0.191 e. The predicted molar refractivity (Wildman–Crippen MR) is 103 cm³/mol. The highest BCUT2D eigenvalue weighted by Crippen LogP contribution is 2.55. The molecule has 0 fully saturated rings. The lowest BCUT2D eigenvalue weighted by atomic mass is 9.58. The summed E-state index contributed by atoms with van der Waals surface area (Å²) in [5, 5.41) is 29.9. The normalized spacial score (nSPS) is 24.0. The van der Waals surface area contributed by atoms with E-state index in [1.165, 1.54) is 18.2 Å². The first-order chi connectivity index (χ1) is 13.3. The van der Waals surface area contributed by atoms with Gasteiger partial charge in [0.05, 0.1) is 23.4 Å². The van der Waals surface area contributed by atoms with Gasteiger partial charge in [0, 0.05) is 41.6 Å². The maximum absolute atomic E-state index is 14.9. The number of nitrogens with zero attached hydrogens (tertiary/aromatic N) is 4. The number of allylic oxidation sites excluding steroid dienone is 2. The molecular formula is C21H19ClFN5. The molecule has 1 heterocycles. The van der Waals surface area contributed by atoms with Gasteiger partial charge in [-0.2, -0.15) is 15.8 Å². The Bertz CT molecular complexity index is 971. The van der Waals surface area contributed by atoms with E-state index < -0.39 is 23.1 Å². The van der Waals surface area contributed by atoms with Crippen LogP contribution < -0.4 is 5.73 Å². The van der Waals surface area contributed by atoms with Gasteiger partial charge in [-0.25, -0.2) is 4.39 Å². The molecule has 1 aromatic carbocycles. The summed E-state index contributed by atoms with van der Waals surface area (Å²) in [7, 11) is 0. The topological polar surface area (TPSA) is 101 Å². The van der Waals surface area contributed by atoms with Crippen LogP contribution in [-0.2, 0) is 0 Å². The van der Waals surface area contributed by atoms with Crippen molar-refractivity contribution >= 4 is 11.6 Å². The van der Waals surface area contributed by atoms with Gasteiger partial charge in [0.25, 0.3) is 0 Å². The zero-order valence-electron chi connectivity index (χ0n) is 15.6. The molecule has 0 saturated carbocycles. The van der Waals surface area contributed by atoms with Crippen molar-refractivity contribution in [2.45, 2.75) is 25.8 Å². The van der Waals surface area contributed by atoms with Gasteiger partial charge in [-0.3, -0.25) is 4.90 Å². The monoisotopic (exact) mass is 395 g/mol. The average molecular weight is 396 g/mol. The summed E-state index contributed by atoms with van der Waals surface area (Å²) < 4.78 is 14.9. The van der Waals surface area contributed by atoms with Crippen LogP contribution in [0.3, 0.4) is 0 Å². The Morgan fingerprint density at radius 1 is 1.29 bits per heavy atom. The van der Waals surface area contributed by atoms with Gasteiger partial charge in [0.15, 0.2) is 5.41 Å². The van der Waals surface area contributed by atoms with Crippen molar-refractivity contribution in [3.8, 4) is 18.2 Å². The maximum Gasteiger partial charge on any atom is 0.191 e. The molecule has 0 saturated heterocycles. The van der Waals surface area contributed by atoms with Gasteiger partial charge < -0.3 is 5.73 Å². The molecule has 142 valence electrons. The number of nitriles is 3. The van der Waals surface area contributed by atoms with Gasteiger partial charge in [0.2, 0.25) is 0 Å². The predicted octanol–water partition coefficient (Wildman–Crippen LogP) is 3.61. The van der Waals surface area contributed by atoms with Crippen LogP contribution >= 0.6 is 11.6 Å². The van der Waals surface area contributed by atoms with E-state index in [-0.39, 0.29) is 27.9 Å². The van der Waals surface area contributed by atoms with Gasteiger partial charge >= 0.3 is 0 Å². The zero-order valence-corrected chi connectivity index (χ0v) is 16.3. The lowest BCUT2D eigenvalue weighted by molar-refractivity contribution is 0.172. The summed E-state index contributed by atoms with van der Waals surface area (Å²) in [6, 6.07) is 10.5. The van der Waals surface area contributed by atoms with E-state index in [4.69, 9.17) is 17.3 Å². The minimum Gasteiger partial charge on any atom is -0.399 e. The second-order valence-corrected chi connectivity index (χ2v) is 7.77. The Hall–Kier alpha value is -2.85. The summed E-state index contributed by atoms with van der Waals surface area (Å²) in [6.45, 7) is 5.13. The molecule has 2 aliphatic rings. The van der Waals surface area contributed by atoms with Crippen LogP contribution in [0.5, 0.6) is 0 Å². The van der Waals surface area contributed by atoms with Crippen molar-refractivity contribution in [1.82, 2.24) is 4.90 Å². The first-order valence-electron chi connectivity index (χ1n) is 8.93. The SMILES string of the molecule is CC(C)N1CC=C2C(C#N)=C(N)C(C#N)(C#N)[C@@H](c3c(F)cccc3Cl)[C@H]2C1. The molecule has 0 amide bonds. The molecule has 28 heavy (non-hydrogen) atoms. The highest BCUT2D eigenvalue weighted by molar-refractivity contribution is 6.31. The zero-order chi connectivity index (χ0) is 20.6. The number of fused-ring (bicyclic) bond motifs is 1. The van der Waals surface area contributed by atoms with Crippen LogP contribution in [0.15, 0.2) is 41.1 Å². The van der Waals surface area contributed by atoms with Gasteiger partial charge in [-0.05, 0) is 31.6 Å². The van der Waals surface area contributed by atoms with Gasteiger partial charge in [-0.15, -0.1) is 0 Å². The lowest BCUT2D eigenvalue weighted by Gasteiger charge is -2.46. The summed E-state index contributed by atoms with van der Waals surface area (Å²) in [6.07, 6.45) is 1.89. The number of nitrogens with two attached hydrogens (primary N) is 1. The largest absolute Gasteiger partial charge is 0.399 e. The van der Waals surface area contributed by atoms with Crippen LogP contribution in [0.1, 0.15) is 25.3 Å². The third kappa shape index (κ3) is 2.76. The first kappa shape index (κ1) is 19.9. The molecule has 1 aromatic rings. The molecule has 0 aromatic heterocycles. The van der Waals surface area contributed by atoms with Crippen molar-refractivity contribution in [1.29, 1.82) is 15.8 Å². The standard InChI is InChI=1S/C21H19ClFN5/c1-12(2)28-7-6-13-14(8-24)20(27)21(10-25,11-26)19(15(13)9-28)18-16(22)4-3-5-17(18)23/h3-6,12,15,19H,7,9,27H2,1-2H3/t15-,19+/m0/s1. The second-order valence-electron chi connectivity index (χ2n) is 7.36. The Morgan fingerprint density at radius 3 is 2.50 bits per heavy atom. The Balaban J connectivity index is 2.37. The molecule has 1 aliphatic carbocycles. The summed E-state index contributed by atoms with van der Waals surface area (Å²) in [5.74, 6) is -1.99. The van der Waals surface area contributed by atoms with Gasteiger partial charge in [-0.1, -0.05) is 23.7 Å². The highest BCUT2D eigenvalue weighted by atomic mass is 35.5. The summed E-state index contributed by atoms with van der Waals surface area (Å²) in [5.41, 5.74) is 5.07. The fourth-order valence-electron chi connectivity index (χ4n) is 4.24. The van der Waals surface area contributed by atoms with Gasteiger partial charge in [0.1, 0.15) is 11.9 Å². The van der Waals surface area contributed by atoms with E-state index in [9.17, 15) is 20.2 Å². The van der Waals surface area contributed by atoms with Crippen LogP contribution in [-0.4, -0.2) is 24.0 Å². The molecule has 2 atom stereocenters. The third-order valence-electron chi connectivity index (χ3n) is 5.73. The molecule has 0 bridgehead atoms. The van der Waals surface area contributed by atoms with E-state index >= 15 is 0 Å². The third-order valence-corrected chi connectivity index (χ3v) is 6.06. The molecule has 5 nitrogen and oxygen atoms in total. The maximum atomic E-state index is 14.9. The molecule has 2 N–H and O–H groups in total. The van der Waals surface area contributed by atoms with Crippen molar-refractivity contribution in [2.24, 2.45) is 17.1 Å². The van der Waals surface area contributed by atoms with E-state index in [1.54, 1.807) is 0 Å². The number of rotatable bonds is 2. The van der Waals surface area contributed by atoms with E-state index in [0.29, 0.717) is 18.7 Å². The van der Waals surface area contributed by atoms with E-state index in [0.717, 1.165) is 0 Å². The number of hydrogen-bond acceptors (Lipinski definition) is 5. The van der Waals surface area contributed by atoms with Crippen LogP contribution in [0.25, 0.3) is 0 Å². The molecule has 1 aliphatic heterocycles. The van der Waals surface area contributed by atoms with E-state index in [1.807, 2.05) is 32.1 Å². The molecular weight excluding hydrogens is 377 g/mol. The molecule has 0 radical (unpaired) electrons. The fraction of sp³-hybridized carbons (Fsp3) is 0.381. The Morgan fingerprint density at radius 2 is 1.96 bits per heavy atom. The van der Waals surface area contributed by atoms with Crippen molar-refractivity contribution < 1.29 is 4.39 Å². The minimum atomic E-state index is -1.89. The fourth-order valence-corrected chi connectivity index (χ4v) is 4.52. The average Bonchev–Trinajstić information content (AvgIpc) is 2.68. The number of halogens is 2. The van der Waals surface area contributed by atoms with Crippen LogP contribution in [0.2, 0.25) is 5.02 Å². The molecule has 7 heteroatoms. The van der Waals surface area contributed by atoms with Crippen molar-refractivity contribution in [2.75, 3.05) is 13.1 Å². The van der Waals surface area contributed by atoms with E-state index in [2.05, 4.69) is 11.0 Å². The number of hydrogen-bond donors (Lipinski definition) is 1. The molecule has 0 unspecified atom stereocenters. The van der Waals surface area contributed by atoms with Crippen LogP contribution in [0, 0.1) is 51.1 Å². The molecule has 3 rings (SSSR count). The minimum absolute atomic E-state index is 0.0914. The summed E-state index contributed by atoms with van der Waals surface area (Å²) in [4.78, 5) is 2.14. The Labute approximate surface area is 168 Å². The Kier molecular flexibility index (Phi) is 5.18. The number of benzene rings is 1. The lowest BCUT2D eigenvalue weighted by Crippen LogP contribution is -2.49. The summed E-state index contributed by atoms with van der Waals surface area (Å²) >= 11 is 6.34. The first-order valence-corrected chi connectivity index (χ1v) is 9.31. The molecule has 0 spiro atoms. The highest BCUT2D eigenvalue weighted by Gasteiger charge is 2.55.